The maximum atomic E-state index is 14.0. The van der Waals surface area contributed by atoms with Gasteiger partial charge in [-0.05, 0) is 12.1 Å². The van der Waals surface area contributed by atoms with Crippen LogP contribution in [0.1, 0.15) is 10.4 Å². The predicted molar refractivity (Wildman–Crippen MR) is 106 cm³/mol. The van der Waals surface area contributed by atoms with Crippen molar-refractivity contribution in [3.05, 3.63) is 93.4 Å². The summed E-state index contributed by atoms with van der Waals surface area (Å²) in [4.78, 5) is 13.3. The average Bonchev–Trinajstić information content (AvgIpc) is 2.66. The van der Waals surface area contributed by atoms with Crippen LogP contribution in [0.25, 0.3) is 0 Å². The molecule has 0 aromatic heterocycles. The van der Waals surface area contributed by atoms with Crippen LogP contribution in [0, 0.1) is 0 Å². The molecule has 0 atom stereocenters. The van der Waals surface area contributed by atoms with Gasteiger partial charge in [-0.3, -0.25) is 4.79 Å². The Balaban J connectivity index is 2.25. The van der Waals surface area contributed by atoms with E-state index in [2.05, 4.69) is 0 Å². The predicted octanol–water partition coefficient (Wildman–Crippen LogP) is 5.80. The van der Waals surface area contributed by atoms with Gasteiger partial charge < -0.3 is 4.57 Å². The Hall–Kier alpha value is -1.57. The summed E-state index contributed by atoms with van der Waals surface area (Å²) < 4.78 is 14.0. The molecule has 0 saturated carbocycles. The van der Waals surface area contributed by atoms with Gasteiger partial charge in [0.1, 0.15) is 0 Å². The van der Waals surface area contributed by atoms with Crippen LogP contribution in [0.15, 0.2) is 72.8 Å². The minimum atomic E-state index is -3.62. The summed E-state index contributed by atoms with van der Waals surface area (Å²) in [6, 6.07) is 20.2. The van der Waals surface area contributed by atoms with Crippen LogP contribution in [0.5, 0.6) is 0 Å². The standard InChI is InChI=1S/C19H12Cl3O2P/c20-16-12-11-15(17(21)18(16)22)19(23)25(24,13-7-3-1-4-8-13)14-9-5-2-6-10-14/h1-12H. The number of carbonyl (C=O) groups excluding carboxylic acids is 1. The van der Waals surface area contributed by atoms with Crippen molar-refractivity contribution < 1.29 is 9.36 Å². The first-order valence-electron chi connectivity index (χ1n) is 7.36. The van der Waals surface area contributed by atoms with Crippen molar-refractivity contribution in [3.63, 3.8) is 0 Å². The molecule has 126 valence electrons. The Kier molecular flexibility index (Phi) is 5.36. The molecular weight excluding hydrogens is 398 g/mol. The summed E-state index contributed by atoms with van der Waals surface area (Å²) in [6.07, 6.45) is 0. The molecule has 0 amide bonds. The third kappa shape index (κ3) is 3.28. The molecule has 25 heavy (non-hydrogen) atoms. The van der Waals surface area contributed by atoms with Crippen molar-refractivity contribution in [2.75, 3.05) is 0 Å². The van der Waals surface area contributed by atoms with Gasteiger partial charge in [0.05, 0.1) is 15.1 Å². The summed E-state index contributed by atoms with van der Waals surface area (Å²) in [7, 11) is -3.62. The molecule has 2 nitrogen and oxygen atoms in total. The fourth-order valence-electron chi connectivity index (χ4n) is 2.52. The third-order valence-corrected chi connectivity index (χ3v) is 7.95. The molecule has 0 N–H and O–H groups in total. The maximum Gasteiger partial charge on any atom is 0.231 e. The zero-order valence-corrected chi connectivity index (χ0v) is 16.0. The van der Waals surface area contributed by atoms with Gasteiger partial charge in [0.2, 0.25) is 12.7 Å². The van der Waals surface area contributed by atoms with Crippen LogP contribution in [0.4, 0.5) is 0 Å². The SMILES string of the molecule is O=C(c1ccc(Cl)c(Cl)c1Cl)P(=O)(c1ccccc1)c1ccccc1. The number of carbonyl (C=O) groups is 1. The monoisotopic (exact) mass is 408 g/mol. The number of benzene rings is 3. The van der Waals surface area contributed by atoms with Crippen LogP contribution in [-0.4, -0.2) is 5.52 Å². The second-order valence-corrected chi connectivity index (χ2v) is 9.13. The molecule has 3 aromatic carbocycles. The molecule has 0 aliphatic carbocycles. The van der Waals surface area contributed by atoms with Gasteiger partial charge in [0.15, 0.2) is 0 Å². The van der Waals surface area contributed by atoms with Crippen molar-refractivity contribution >= 4 is 58.1 Å². The van der Waals surface area contributed by atoms with Crippen LogP contribution in [0.2, 0.25) is 15.1 Å². The average molecular weight is 410 g/mol. The van der Waals surface area contributed by atoms with Crippen molar-refractivity contribution in [2.24, 2.45) is 0 Å². The zero-order chi connectivity index (χ0) is 18.0. The van der Waals surface area contributed by atoms with E-state index in [9.17, 15) is 9.36 Å². The highest BCUT2D eigenvalue weighted by Gasteiger charge is 2.37. The van der Waals surface area contributed by atoms with Gasteiger partial charge >= 0.3 is 0 Å². The van der Waals surface area contributed by atoms with Gasteiger partial charge in [0, 0.05) is 16.2 Å². The Labute approximate surface area is 160 Å². The maximum absolute atomic E-state index is 14.0. The summed E-state index contributed by atoms with van der Waals surface area (Å²) in [5.74, 6) is 0. The summed E-state index contributed by atoms with van der Waals surface area (Å²) in [6.45, 7) is 0. The van der Waals surface area contributed by atoms with Gasteiger partial charge in [-0.2, -0.15) is 0 Å². The molecule has 0 saturated heterocycles. The van der Waals surface area contributed by atoms with E-state index in [-0.39, 0.29) is 20.6 Å². The lowest BCUT2D eigenvalue weighted by atomic mass is 10.2. The van der Waals surface area contributed by atoms with Crippen molar-refractivity contribution in [2.45, 2.75) is 0 Å². The Morgan fingerprint density at radius 1 is 0.680 bits per heavy atom. The minimum Gasteiger partial charge on any atom is -0.305 e. The third-order valence-electron chi connectivity index (χ3n) is 3.79. The summed E-state index contributed by atoms with van der Waals surface area (Å²) in [5.41, 5.74) is -0.486. The largest absolute Gasteiger partial charge is 0.305 e. The van der Waals surface area contributed by atoms with Gasteiger partial charge in [0.25, 0.3) is 0 Å². The molecule has 0 aliphatic heterocycles. The molecule has 6 heteroatoms. The second-order valence-electron chi connectivity index (χ2n) is 5.31. The van der Waals surface area contributed by atoms with Gasteiger partial charge in [-0.25, -0.2) is 0 Å². The van der Waals surface area contributed by atoms with E-state index in [1.807, 2.05) is 0 Å². The highest BCUT2D eigenvalue weighted by Crippen LogP contribution is 2.49. The van der Waals surface area contributed by atoms with Gasteiger partial charge in [-0.15, -0.1) is 0 Å². The molecule has 3 rings (SSSR count). The lowest BCUT2D eigenvalue weighted by molar-refractivity contribution is 0.107. The van der Waals surface area contributed by atoms with Crippen molar-refractivity contribution in [1.82, 2.24) is 0 Å². The second kappa shape index (κ2) is 7.35. The molecular formula is C19H12Cl3O2P. The number of hydrogen-bond acceptors (Lipinski definition) is 2. The lowest BCUT2D eigenvalue weighted by Crippen LogP contribution is -2.22. The topological polar surface area (TPSA) is 34.1 Å². The van der Waals surface area contributed by atoms with Gasteiger partial charge in [-0.1, -0.05) is 95.5 Å². The molecule has 0 unspecified atom stereocenters. The first-order valence-corrected chi connectivity index (χ1v) is 10.2. The van der Waals surface area contributed by atoms with E-state index in [0.29, 0.717) is 10.6 Å². The fraction of sp³-hybridized carbons (Fsp3) is 0. The summed E-state index contributed by atoms with van der Waals surface area (Å²) >= 11 is 18.2. The van der Waals surface area contributed by atoms with Crippen LogP contribution >= 0.6 is 41.9 Å². The van der Waals surface area contributed by atoms with E-state index >= 15 is 0 Å². The number of rotatable bonds is 4. The molecule has 0 heterocycles. The lowest BCUT2D eigenvalue weighted by Gasteiger charge is -2.19. The molecule has 0 bridgehead atoms. The first-order chi connectivity index (χ1) is 12.0. The summed E-state index contributed by atoms with van der Waals surface area (Å²) in [5, 5.41) is 1.19. The van der Waals surface area contributed by atoms with Crippen LogP contribution in [-0.2, 0) is 4.57 Å². The Morgan fingerprint density at radius 2 is 1.16 bits per heavy atom. The fourth-order valence-corrected chi connectivity index (χ4v) is 5.68. The van der Waals surface area contributed by atoms with E-state index in [1.165, 1.54) is 12.1 Å². The van der Waals surface area contributed by atoms with Crippen LogP contribution < -0.4 is 10.6 Å². The molecule has 0 radical (unpaired) electrons. The first kappa shape index (κ1) is 18.2. The zero-order valence-electron chi connectivity index (χ0n) is 12.8. The van der Waals surface area contributed by atoms with E-state index in [1.54, 1.807) is 60.7 Å². The van der Waals surface area contributed by atoms with E-state index in [0.717, 1.165) is 0 Å². The smallest absolute Gasteiger partial charge is 0.231 e. The molecule has 0 fully saturated rings. The highest BCUT2D eigenvalue weighted by molar-refractivity contribution is 7.93. The minimum absolute atomic E-state index is 0.00579. The molecule has 3 aromatic rings. The van der Waals surface area contributed by atoms with Crippen LogP contribution in [0.3, 0.4) is 0 Å². The molecule has 0 spiro atoms. The van der Waals surface area contributed by atoms with Crippen molar-refractivity contribution in [3.8, 4) is 0 Å². The Morgan fingerprint density at radius 3 is 1.64 bits per heavy atom. The van der Waals surface area contributed by atoms with E-state index in [4.69, 9.17) is 34.8 Å². The number of halogens is 3. The molecule has 0 aliphatic rings. The highest BCUT2D eigenvalue weighted by atomic mass is 35.5. The Bertz CT molecular complexity index is 929. The normalized spacial score (nSPS) is 11.3. The number of hydrogen-bond donors (Lipinski definition) is 0. The van der Waals surface area contributed by atoms with E-state index < -0.39 is 12.7 Å². The quantitative estimate of drug-likeness (QED) is 0.403. The van der Waals surface area contributed by atoms with Crippen molar-refractivity contribution in [1.29, 1.82) is 0 Å².